The maximum Gasteiger partial charge on any atom is 0.161 e. The standard InChI is InChI=1S/C12H18BrNO3/c1-16-11-6-8(10(14)4-3-5-15)9(13)7-12(11)17-2/h6-7,10,15H,3-5,14H2,1-2H3/t10-/m0/s1. The van der Waals surface area contributed by atoms with Crippen LogP contribution in [-0.2, 0) is 0 Å². The average Bonchev–Trinajstić information content (AvgIpc) is 2.35. The Kier molecular flexibility index (Phi) is 5.74. The summed E-state index contributed by atoms with van der Waals surface area (Å²) in [6.45, 7) is 0.151. The minimum absolute atomic E-state index is 0.128. The van der Waals surface area contributed by atoms with Crippen LogP contribution in [0.3, 0.4) is 0 Å². The van der Waals surface area contributed by atoms with Gasteiger partial charge in [-0.2, -0.15) is 0 Å². The second kappa shape index (κ2) is 6.83. The Labute approximate surface area is 110 Å². The predicted octanol–water partition coefficient (Wildman–Crippen LogP) is 2.24. The first-order valence-electron chi connectivity index (χ1n) is 5.41. The minimum atomic E-state index is -0.128. The van der Waals surface area contributed by atoms with Crippen molar-refractivity contribution in [3.8, 4) is 11.5 Å². The molecule has 5 heteroatoms. The lowest BCUT2D eigenvalue weighted by atomic mass is 10.0. The maximum atomic E-state index is 8.80. The third kappa shape index (κ3) is 3.59. The van der Waals surface area contributed by atoms with E-state index in [2.05, 4.69) is 15.9 Å². The molecule has 3 N–H and O–H groups in total. The topological polar surface area (TPSA) is 64.7 Å². The number of aliphatic hydroxyl groups excluding tert-OH is 1. The summed E-state index contributed by atoms with van der Waals surface area (Å²) in [7, 11) is 3.18. The number of nitrogens with two attached hydrogens (primary N) is 1. The molecule has 0 amide bonds. The summed E-state index contributed by atoms with van der Waals surface area (Å²) >= 11 is 3.47. The second-order valence-electron chi connectivity index (χ2n) is 3.70. The highest BCUT2D eigenvalue weighted by Crippen LogP contribution is 2.36. The van der Waals surface area contributed by atoms with E-state index in [9.17, 15) is 0 Å². The number of hydrogen-bond acceptors (Lipinski definition) is 4. The molecule has 0 aliphatic carbocycles. The van der Waals surface area contributed by atoms with E-state index in [0.29, 0.717) is 17.9 Å². The van der Waals surface area contributed by atoms with Crippen molar-refractivity contribution in [2.45, 2.75) is 18.9 Å². The predicted molar refractivity (Wildman–Crippen MR) is 70.5 cm³/mol. The van der Waals surface area contributed by atoms with E-state index < -0.39 is 0 Å². The van der Waals surface area contributed by atoms with Gasteiger partial charge in [-0.25, -0.2) is 0 Å². The van der Waals surface area contributed by atoms with Crippen LogP contribution in [0.25, 0.3) is 0 Å². The van der Waals surface area contributed by atoms with E-state index in [1.807, 2.05) is 12.1 Å². The molecule has 0 spiro atoms. The second-order valence-corrected chi connectivity index (χ2v) is 4.56. The lowest BCUT2D eigenvalue weighted by molar-refractivity contribution is 0.279. The highest BCUT2D eigenvalue weighted by Gasteiger charge is 2.14. The molecule has 0 aliphatic heterocycles. The van der Waals surface area contributed by atoms with Crippen molar-refractivity contribution in [2.75, 3.05) is 20.8 Å². The molecule has 1 aromatic rings. The Hall–Kier alpha value is -0.780. The zero-order valence-corrected chi connectivity index (χ0v) is 11.7. The largest absolute Gasteiger partial charge is 0.493 e. The van der Waals surface area contributed by atoms with E-state index in [0.717, 1.165) is 16.5 Å². The van der Waals surface area contributed by atoms with E-state index in [-0.39, 0.29) is 12.6 Å². The van der Waals surface area contributed by atoms with Gasteiger partial charge in [0.05, 0.1) is 14.2 Å². The molecule has 1 rings (SSSR count). The molecule has 0 bridgehead atoms. The number of aliphatic hydroxyl groups is 1. The van der Waals surface area contributed by atoms with Gasteiger partial charge in [0.25, 0.3) is 0 Å². The Morgan fingerprint density at radius 3 is 2.41 bits per heavy atom. The lowest BCUT2D eigenvalue weighted by Gasteiger charge is -2.16. The van der Waals surface area contributed by atoms with Crippen molar-refractivity contribution in [3.05, 3.63) is 22.2 Å². The molecule has 96 valence electrons. The summed E-state index contributed by atoms with van der Waals surface area (Å²) in [6, 6.07) is 3.58. The summed E-state index contributed by atoms with van der Waals surface area (Å²) in [4.78, 5) is 0. The number of hydrogen-bond donors (Lipinski definition) is 2. The molecule has 0 aliphatic rings. The fraction of sp³-hybridized carbons (Fsp3) is 0.500. The molecule has 0 radical (unpaired) electrons. The molecule has 0 aromatic heterocycles. The van der Waals surface area contributed by atoms with Crippen molar-refractivity contribution in [3.63, 3.8) is 0 Å². The van der Waals surface area contributed by atoms with Gasteiger partial charge in [-0.15, -0.1) is 0 Å². The van der Waals surface area contributed by atoms with Crippen LogP contribution in [0, 0.1) is 0 Å². The molecule has 0 unspecified atom stereocenters. The van der Waals surface area contributed by atoms with Crippen LogP contribution in [0.1, 0.15) is 24.4 Å². The van der Waals surface area contributed by atoms with Crippen LogP contribution in [0.5, 0.6) is 11.5 Å². The number of benzene rings is 1. The summed E-state index contributed by atoms with van der Waals surface area (Å²) < 4.78 is 11.3. The zero-order chi connectivity index (χ0) is 12.8. The quantitative estimate of drug-likeness (QED) is 0.846. The van der Waals surface area contributed by atoms with E-state index in [1.165, 1.54) is 0 Å². The molecular formula is C12H18BrNO3. The van der Waals surface area contributed by atoms with Gasteiger partial charge in [-0.05, 0) is 30.5 Å². The first-order chi connectivity index (χ1) is 8.13. The Balaban J connectivity index is 2.99. The van der Waals surface area contributed by atoms with Gasteiger partial charge in [-0.1, -0.05) is 15.9 Å². The van der Waals surface area contributed by atoms with Crippen molar-refractivity contribution >= 4 is 15.9 Å². The smallest absolute Gasteiger partial charge is 0.161 e. The van der Waals surface area contributed by atoms with Crippen LogP contribution in [-0.4, -0.2) is 25.9 Å². The normalized spacial score (nSPS) is 12.3. The van der Waals surface area contributed by atoms with Crippen LogP contribution in [0.15, 0.2) is 16.6 Å². The van der Waals surface area contributed by atoms with Crippen LogP contribution >= 0.6 is 15.9 Å². The van der Waals surface area contributed by atoms with Crippen LogP contribution in [0.2, 0.25) is 0 Å². The number of rotatable bonds is 6. The Morgan fingerprint density at radius 2 is 1.88 bits per heavy atom. The zero-order valence-electron chi connectivity index (χ0n) is 10.1. The SMILES string of the molecule is COc1cc(Br)c([C@@H](N)CCCO)cc1OC. The van der Waals surface area contributed by atoms with Gasteiger partial charge in [0.2, 0.25) is 0 Å². The Bertz CT molecular complexity index is 371. The molecule has 0 heterocycles. The first-order valence-corrected chi connectivity index (χ1v) is 6.21. The molecule has 1 atom stereocenters. The summed E-state index contributed by atoms with van der Waals surface area (Å²) in [5.41, 5.74) is 7.01. The molecule has 4 nitrogen and oxygen atoms in total. The summed E-state index contributed by atoms with van der Waals surface area (Å²) in [5, 5.41) is 8.80. The van der Waals surface area contributed by atoms with E-state index in [4.69, 9.17) is 20.3 Å². The van der Waals surface area contributed by atoms with Gasteiger partial charge in [-0.3, -0.25) is 0 Å². The molecule has 1 aromatic carbocycles. The fourth-order valence-electron chi connectivity index (χ4n) is 1.62. The third-order valence-corrected chi connectivity index (χ3v) is 3.26. The number of halogens is 1. The summed E-state index contributed by atoms with van der Waals surface area (Å²) in [6.07, 6.45) is 1.41. The highest BCUT2D eigenvalue weighted by atomic mass is 79.9. The molecular weight excluding hydrogens is 286 g/mol. The number of methoxy groups -OCH3 is 2. The van der Waals surface area contributed by atoms with Crippen molar-refractivity contribution in [1.29, 1.82) is 0 Å². The van der Waals surface area contributed by atoms with Crippen LogP contribution in [0.4, 0.5) is 0 Å². The van der Waals surface area contributed by atoms with E-state index >= 15 is 0 Å². The molecule has 17 heavy (non-hydrogen) atoms. The van der Waals surface area contributed by atoms with Gasteiger partial charge < -0.3 is 20.3 Å². The number of ether oxygens (including phenoxy) is 2. The van der Waals surface area contributed by atoms with Crippen molar-refractivity contribution in [1.82, 2.24) is 0 Å². The third-order valence-electron chi connectivity index (χ3n) is 2.58. The maximum absolute atomic E-state index is 8.80. The molecule has 0 saturated carbocycles. The summed E-state index contributed by atoms with van der Waals surface area (Å²) in [5.74, 6) is 1.32. The minimum Gasteiger partial charge on any atom is -0.493 e. The monoisotopic (exact) mass is 303 g/mol. The highest BCUT2D eigenvalue weighted by molar-refractivity contribution is 9.10. The van der Waals surface area contributed by atoms with Crippen LogP contribution < -0.4 is 15.2 Å². The van der Waals surface area contributed by atoms with Gasteiger partial charge >= 0.3 is 0 Å². The molecule has 0 saturated heterocycles. The van der Waals surface area contributed by atoms with Gasteiger partial charge in [0, 0.05) is 17.1 Å². The van der Waals surface area contributed by atoms with Gasteiger partial charge in [0.1, 0.15) is 0 Å². The average molecular weight is 304 g/mol. The Morgan fingerprint density at radius 1 is 1.29 bits per heavy atom. The van der Waals surface area contributed by atoms with Gasteiger partial charge in [0.15, 0.2) is 11.5 Å². The fourth-order valence-corrected chi connectivity index (χ4v) is 2.24. The van der Waals surface area contributed by atoms with E-state index in [1.54, 1.807) is 14.2 Å². The first kappa shape index (κ1) is 14.3. The van der Waals surface area contributed by atoms with Crippen molar-refractivity contribution < 1.29 is 14.6 Å². The molecule has 0 fully saturated rings. The lowest BCUT2D eigenvalue weighted by Crippen LogP contribution is -2.12. The van der Waals surface area contributed by atoms with Crippen molar-refractivity contribution in [2.24, 2.45) is 5.73 Å².